The molecule has 0 aliphatic carbocycles. The molecule has 0 aliphatic heterocycles. The minimum atomic E-state index is -1.02. The molecular weight excluding hydrogens is 715 g/mol. The number of amides is 2. The summed E-state index contributed by atoms with van der Waals surface area (Å²) in [5, 5.41) is 24.1. The summed E-state index contributed by atoms with van der Waals surface area (Å²) >= 11 is 0. The number of esters is 2. The van der Waals surface area contributed by atoms with E-state index >= 15 is 0 Å². The predicted octanol–water partition coefficient (Wildman–Crippen LogP) is 5.92. The molecular formula is C38H44BN4O12. The second-order valence-corrected chi connectivity index (χ2v) is 13.0. The molecule has 1 atom stereocenters. The normalized spacial score (nSPS) is 11.0. The van der Waals surface area contributed by atoms with Crippen LogP contribution >= 0.6 is 0 Å². The van der Waals surface area contributed by atoms with Crippen molar-refractivity contribution in [3.8, 4) is 5.75 Å². The molecule has 4 rings (SSSR count). The predicted molar refractivity (Wildman–Crippen MR) is 202 cm³/mol. The third kappa shape index (κ3) is 16.9. The molecule has 2 heterocycles. The smallest absolute Gasteiger partial charge is 0.537 e. The molecule has 2 aromatic carbocycles. The molecule has 0 fully saturated rings. The van der Waals surface area contributed by atoms with Crippen molar-refractivity contribution in [2.24, 2.45) is 0 Å². The van der Waals surface area contributed by atoms with Crippen LogP contribution in [0.15, 0.2) is 84.9 Å². The fraction of sp³-hybridized carbons (Fsp3) is 0.289. The van der Waals surface area contributed by atoms with E-state index in [9.17, 15) is 29.1 Å². The molecule has 1 radical (unpaired) electrons. The number of pyridine rings is 2. The van der Waals surface area contributed by atoms with Crippen LogP contribution in [0, 0.1) is 0 Å². The van der Waals surface area contributed by atoms with Crippen LogP contribution in [0.4, 0.5) is 21.0 Å². The van der Waals surface area contributed by atoms with Crippen molar-refractivity contribution < 1.29 is 57.7 Å². The fourth-order valence-corrected chi connectivity index (χ4v) is 4.00. The zero-order valence-corrected chi connectivity index (χ0v) is 31.7. The maximum atomic E-state index is 11.8. The summed E-state index contributed by atoms with van der Waals surface area (Å²) < 4.78 is 24.1. The van der Waals surface area contributed by atoms with E-state index in [-0.39, 0.29) is 17.1 Å². The molecule has 4 N–H and O–H groups in total. The first-order valence-corrected chi connectivity index (χ1v) is 16.4. The second kappa shape index (κ2) is 21.4. The molecule has 2 amide bonds. The van der Waals surface area contributed by atoms with Crippen molar-refractivity contribution in [3.05, 3.63) is 113 Å². The van der Waals surface area contributed by atoms with E-state index in [1.165, 1.54) is 32.4 Å². The quantitative estimate of drug-likeness (QED) is 0.0674. The van der Waals surface area contributed by atoms with Gasteiger partial charge in [-0.3, -0.25) is 15.4 Å². The lowest BCUT2D eigenvalue weighted by atomic mass is 10.1. The number of anilines is 2. The highest BCUT2D eigenvalue weighted by molar-refractivity contribution is 6.17. The molecule has 0 spiro atoms. The maximum Gasteiger partial charge on any atom is 0.569 e. The van der Waals surface area contributed by atoms with Gasteiger partial charge in [-0.2, -0.15) is 0 Å². The van der Waals surface area contributed by atoms with Gasteiger partial charge in [-0.25, -0.2) is 29.1 Å². The van der Waals surface area contributed by atoms with Gasteiger partial charge >= 0.3 is 31.8 Å². The standard InChI is InChI=1S/C19H22N2O5.C11H15BNO4.C8H7NO3/c1-19(2,3)26-18(24)20-13-10-8-12(9-11-13)16(22)14-6-5-7-15(21-14)17(23)25-4;1-11(2,3)16-10(14)13-8-4-6-9(7-5-8)17-12-15;1-12-8(11)7-4-2-3-6(5-10)9-7/h5-11,16,22H,1-4H3,(H,20,24);4-7,15H,1-3H3,(H,13,14);2-5H,1H3. The Bertz CT molecular complexity index is 1880. The Hall–Kier alpha value is -6.33. The van der Waals surface area contributed by atoms with E-state index in [0.717, 1.165) is 0 Å². The third-order valence-electron chi connectivity index (χ3n) is 6.29. The Labute approximate surface area is 319 Å². The lowest BCUT2D eigenvalue weighted by molar-refractivity contribution is 0.0584. The molecule has 4 aromatic rings. The van der Waals surface area contributed by atoms with Crippen LogP contribution < -0.4 is 15.3 Å². The number of ether oxygens (including phenoxy) is 4. The molecule has 0 bridgehead atoms. The van der Waals surface area contributed by atoms with E-state index in [1.54, 1.807) is 108 Å². The van der Waals surface area contributed by atoms with Crippen molar-refractivity contribution in [1.29, 1.82) is 0 Å². The third-order valence-corrected chi connectivity index (χ3v) is 6.29. The summed E-state index contributed by atoms with van der Waals surface area (Å²) in [7, 11) is 3.12. The molecule has 1 unspecified atom stereocenters. The van der Waals surface area contributed by atoms with E-state index in [4.69, 9.17) is 19.2 Å². The van der Waals surface area contributed by atoms with Crippen molar-refractivity contribution in [3.63, 3.8) is 0 Å². The summed E-state index contributed by atoms with van der Waals surface area (Å²) in [6.45, 7) is 10.7. The van der Waals surface area contributed by atoms with Gasteiger partial charge in [0, 0.05) is 11.4 Å². The molecule has 0 aliphatic rings. The van der Waals surface area contributed by atoms with Crippen molar-refractivity contribution >= 4 is 49.5 Å². The van der Waals surface area contributed by atoms with Gasteiger partial charge in [-0.1, -0.05) is 24.3 Å². The average Bonchev–Trinajstić information content (AvgIpc) is 3.14. The van der Waals surface area contributed by atoms with Crippen LogP contribution in [-0.2, 0) is 18.9 Å². The molecule has 55 heavy (non-hydrogen) atoms. The number of aliphatic hydroxyl groups is 1. The number of methoxy groups -OCH3 is 2. The first kappa shape index (κ1) is 44.8. The Balaban J connectivity index is 0.000000309. The number of rotatable bonds is 9. The van der Waals surface area contributed by atoms with E-state index < -0.39 is 41.4 Å². The van der Waals surface area contributed by atoms with E-state index in [0.29, 0.717) is 42.4 Å². The number of carbonyl (C=O) groups is 5. The highest BCUT2D eigenvalue weighted by Gasteiger charge is 2.18. The summed E-state index contributed by atoms with van der Waals surface area (Å²) in [5.74, 6) is -0.642. The SMILES string of the molecule is CC(C)(C)OC(=O)Nc1ccc(O[B]O)cc1.COC(=O)c1cccc(C(O)c2ccc(NC(=O)OC(C)(C)C)cc2)n1.COC(=O)c1cccc(C=O)n1. The lowest BCUT2D eigenvalue weighted by Crippen LogP contribution is -2.27. The first-order valence-electron chi connectivity index (χ1n) is 16.4. The number of nitrogens with one attached hydrogen (secondary N) is 2. The molecule has 2 aromatic heterocycles. The number of benzene rings is 2. The van der Waals surface area contributed by atoms with Crippen LogP contribution in [0.2, 0.25) is 0 Å². The first-order chi connectivity index (χ1) is 25.9. The highest BCUT2D eigenvalue weighted by Crippen LogP contribution is 2.23. The minimum absolute atomic E-state index is 0.118. The van der Waals surface area contributed by atoms with Gasteiger partial charge < -0.3 is 33.7 Å². The van der Waals surface area contributed by atoms with Gasteiger partial charge in [-0.05, 0) is 108 Å². The maximum absolute atomic E-state index is 11.8. The molecule has 16 nitrogen and oxygen atoms in total. The summed E-state index contributed by atoms with van der Waals surface area (Å²) in [5.41, 5.74) is 1.37. The van der Waals surface area contributed by atoms with Crippen molar-refractivity contribution in [2.45, 2.75) is 58.8 Å². The monoisotopic (exact) mass is 759 g/mol. The van der Waals surface area contributed by atoms with Crippen LogP contribution in [0.5, 0.6) is 5.75 Å². The Morgan fingerprint density at radius 2 is 1.15 bits per heavy atom. The number of carbonyl (C=O) groups excluding carboxylic acids is 5. The van der Waals surface area contributed by atoms with Crippen LogP contribution in [0.25, 0.3) is 0 Å². The van der Waals surface area contributed by atoms with Gasteiger partial charge in [0.15, 0.2) is 6.29 Å². The summed E-state index contributed by atoms with van der Waals surface area (Å²) in [6.07, 6.45) is -1.51. The Kier molecular flexibility index (Phi) is 17.4. The molecule has 0 saturated heterocycles. The molecule has 291 valence electrons. The zero-order chi connectivity index (χ0) is 41.2. The average molecular weight is 760 g/mol. The second-order valence-electron chi connectivity index (χ2n) is 13.0. The number of aromatic nitrogens is 2. The van der Waals surface area contributed by atoms with Crippen LogP contribution in [-0.4, -0.2) is 83.6 Å². The van der Waals surface area contributed by atoms with Gasteiger partial charge in [0.05, 0.1) is 19.9 Å². The van der Waals surface area contributed by atoms with Gasteiger partial charge in [0.2, 0.25) is 0 Å². The number of hydrogen-bond acceptors (Lipinski definition) is 14. The molecule has 17 heteroatoms. The fourth-order valence-electron chi connectivity index (χ4n) is 4.00. The van der Waals surface area contributed by atoms with Crippen LogP contribution in [0.1, 0.15) is 90.4 Å². The number of hydrogen-bond donors (Lipinski definition) is 4. The lowest BCUT2D eigenvalue weighted by Gasteiger charge is -2.19. The number of aliphatic hydroxyl groups excluding tert-OH is 1. The van der Waals surface area contributed by atoms with E-state index in [1.807, 2.05) is 0 Å². The number of nitrogens with zero attached hydrogens (tertiary/aromatic N) is 2. The number of aldehydes is 1. The van der Waals surface area contributed by atoms with Gasteiger partial charge in [0.25, 0.3) is 0 Å². The van der Waals surface area contributed by atoms with Gasteiger partial charge in [0.1, 0.15) is 40.1 Å². The molecule has 0 saturated carbocycles. The van der Waals surface area contributed by atoms with Crippen molar-refractivity contribution in [2.75, 3.05) is 24.9 Å². The van der Waals surface area contributed by atoms with Gasteiger partial charge in [-0.15, -0.1) is 0 Å². The van der Waals surface area contributed by atoms with Crippen molar-refractivity contribution in [1.82, 2.24) is 9.97 Å². The Morgan fingerprint density at radius 1 is 0.691 bits per heavy atom. The summed E-state index contributed by atoms with van der Waals surface area (Å²) in [6, 6.07) is 22.4. The zero-order valence-electron chi connectivity index (χ0n) is 31.7. The van der Waals surface area contributed by atoms with E-state index in [2.05, 4.69) is 30.1 Å². The topological polar surface area (TPSA) is 222 Å². The largest absolute Gasteiger partial charge is 0.569 e. The Morgan fingerprint density at radius 3 is 1.58 bits per heavy atom. The van der Waals surface area contributed by atoms with Crippen LogP contribution in [0.3, 0.4) is 0 Å². The highest BCUT2D eigenvalue weighted by atomic mass is 16.6. The minimum Gasteiger partial charge on any atom is -0.537 e. The summed E-state index contributed by atoms with van der Waals surface area (Å²) in [4.78, 5) is 63.7.